The van der Waals surface area contributed by atoms with E-state index in [1.54, 1.807) is 6.92 Å². The van der Waals surface area contributed by atoms with Crippen LogP contribution in [0.15, 0.2) is 24.3 Å². The number of rotatable bonds is 7. The molecule has 0 aromatic heterocycles. The number of hydrogen-bond acceptors (Lipinski definition) is 4. The average Bonchev–Trinajstić information content (AvgIpc) is 2.50. The van der Waals surface area contributed by atoms with Crippen LogP contribution in [0.1, 0.15) is 18.9 Å². The lowest BCUT2D eigenvalue weighted by Crippen LogP contribution is -2.35. The van der Waals surface area contributed by atoms with Crippen molar-refractivity contribution in [1.82, 2.24) is 0 Å². The number of ether oxygens (including phenoxy) is 2. The first-order chi connectivity index (χ1) is 9.93. The molecule has 0 saturated carbocycles. The van der Waals surface area contributed by atoms with Crippen LogP contribution in [0.5, 0.6) is 0 Å². The Balaban J connectivity index is 2.83. The molecular formula is C16H17IO4. The van der Waals surface area contributed by atoms with Gasteiger partial charge in [-0.25, -0.2) is 0 Å². The smallest absolute Gasteiger partial charge is 0.316 e. The van der Waals surface area contributed by atoms with E-state index in [0.717, 1.165) is 9.13 Å². The van der Waals surface area contributed by atoms with Crippen molar-refractivity contribution in [2.24, 2.45) is 0 Å². The number of benzene rings is 1. The first kappa shape index (κ1) is 17.7. The number of terminal acetylenes is 1. The lowest BCUT2D eigenvalue weighted by Gasteiger charge is -2.27. The van der Waals surface area contributed by atoms with Gasteiger partial charge in [-0.15, -0.1) is 6.42 Å². The van der Waals surface area contributed by atoms with E-state index in [1.165, 1.54) is 7.11 Å². The second kappa shape index (κ2) is 8.15. The van der Waals surface area contributed by atoms with Gasteiger partial charge >= 0.3 is 5.97 Å². The third-order valence-corrected chi connectivity index (χ3v) is 3.91. The van der Waals surface area contributed by atoms with Crippen LogP contribution in [0, 0.1) is 15.9 Å². The van der Waals surface area contributed by atoms with Crippen LogP contribution in [0.3, 0.4) is 0 Å². The van der Waals surface area contributed by atoms with E-state index in [2.05, 4.69) is 22.6 Å². The molecular weight excluding hydrogens is 383 g/mol. The van der Waals surface area contributed by atoms with E-state index in [-0.39, 0.29) is 19.2 Å². The molecule has 1 unspecified atom stereocenters. The largest absolute Gasteiger partial charge is 0.468 e. The Morgan fingerprint density at radius 2 is 2.14 bits per heavy atom. The molecule has 0 N–H and O–H groups in total. The minimum Gasteiger partial charge on any atom is -0.468 e. The van der Waals surface area contributed by atoms with Gasteiger partial charge in [-0.05, 0) is 59.6 Å². The zero-order valence-electron chi connectivity index (χ0n) is 12.0. The maximum atomic E-state index is 12.2. The summed E-state index contributed by atoms with van der Waals surface area (Å²) >= 11 is 2.19. The standard InChI is InChI=1S/C16H17IO4/c1-4-14(18)11-21-9-8-16(2,15(19)20-3)12-6-5-7-13(17)10-12/h1,5-7,10H,8-9,11H2,2-3H3. The topological polar surface area (TPSA) is 52.6 Å². The first-order valence-electron chi connectivity index (χ1n) is 6.35. The van der Waals surface area contributed by atoms with Gasteiger partial charge in [0.25, 0.3) is 0 Å². The molecule has 0 amide bonds. The summed E-state index contributed by atoms with van der Waals surface area (Å²) in [7, 11) is 1.36. The number of carbonyl (C=O) groups is 2. The Morgan fingerprint density at radius 3 is 2.71 bits per heavy atom. The zero-order valence-corrected chi connectivity index (χ0v) is 14.2. The fourth-order valence-corrected chi connectivity index (χ4v) is 2.45. The lowest BCUT2D eigenvalue weighted by atomic mass is 9.80. The average molecular weight is 400 g/mol. The van der Waals surface area contributed by atoms with Crippen molar-refractivity contribution in [3.8, 4) is 12.3 Å². The number of halogens is 1. The molecule has 21 heavy (non-hydrogen) atoms. The van der Waals surface area contributed by atoms with Gasteiger partial charge in [-0.3, -0.25) is 9.59 Å². The van der Waals surface area contributed by atoms with E-state index in [0.29, 0.717) is 6.42 Å². The van der Waals surface area contributed by atoms with Crippen LogP contribution in [-0.4, -0.2) is 32.1 Å². The van der Waals surface area contributed by atoms with Gasteiger partial charge in [0.15, 0.2) is 0 Å². The molecule has 0 radical (unpaired) electrons. The minimum atomic E-state index is -0.824. The molecule has 1 aromatic rings. The quantitative estimate of drug-likeness (QED) is 0.232. The molecule has 0 bridgehead atoms. The third-order valence-electron chi connectivity index (χ3n) is 3.24. The molecule has 4 nitrogen and oxygen atoms in total. The van der Waals surface area contributed by atoms with Gasteiger partial charge in [0.05, 0.1) is 12.5 Å². The van der Waals surface area contributed by atoms with Crippen LogP contribution in [0.25, 0.3) is 0 Å². The normalized spacial score (nSPS) is 13.0. The molecule has 0 aliphatic heterocycles. The lowest BCUT2D eigenvalue weighted by molar-refractivity contribution is -0.147. The Hall–Kier alpha value is -1.39. The van der Waals surface area contributed by atoms with E-state index < -0.39 is 11.2 Å². The Kier molecular flexibility index (Phi) is 6.85. The van der Waals surface area contributed by atoms with Crippen LogP contribution < -0.4 is 0 Å². The van der Waals surface area contributed by atoms with E-state index in [9.17, 15) is 9.59 Å². The minimum absolute atomic E-state index is 0.139. The molecule has 5 heteroatoms. The highest BCUT2D eigenvalue weighted by Crippen LogP contribution is 2.30. The van der Waals surface area contributed by atoms with Gasteiger partial charge in [-0.1, -0.05) is 12.1 Å². The second-order valence-electron chi connectivity index (χ2n) is 4.70. The van der Waals surface area contributed by atoms with Gasteiger partial charge in [-0.2, -0.15) is 0 Å². The van der Waals surface area contributed by atoms with Crippen LogP contribution in [0.2, 0.25) is 0 Å². The molecule has 112 valence electrons. The van der Waals surface area contributed by atoms with Crippen molar-refractivity contribution >= 4 is 34.3 Å². The Morgan fingerprint density at radius 1 is 1.43 bits per heavy atom. The summed E-state index contributed by atoms with van der Waals surface area (Å²) in [6.45, 7) is 1.90. The summed E-state index contributed by atoms with van der Waals surface area (Å²) < 4.78 is 11.2. The highest BCUT2D eigenvalue weighted by atomic mass is 127. The van der Waals surface area contributed by atoms with Crippen molar-refractivity contribution in [2.45, 2.75) is 18.8 Å². The first-order valence-corrected chi connectivity index (χ1v) is 7.43. The van der Waals surface area contributed by atoms with Gasteiger partial charge in [0.1, 0.15) is 6.61 Å². The summed E-state index contributed by atoms with van der Waals surface area (Å²) in [5.74, 6) is 1.23. The molecule has 0 fully saturated rings. The number of methoxy groups -OCH3 is 1. The number of esters is 1. The Bertz CT molecular complexity index is 562. The molecule has 0 heterocycles. The molecule has 1 rings (SSSR count). The van der Waals surface area contributed by atoms with E-state index >= 15 is 0 Å². The van der Waals surface area contributed by atoms with Crippen molar-refractivity contribution in [3.63, 3.8) is 0 Å². The van der Waals surface area contributed by atoms with Crippen molar-refractivity contribution in [2.75, 3.05) is 20.3 Å². The summed E-state index contributed by atoms with van der Waals surface area (Å²) in [4.78, 5) is 23.1. The number of hydrogen-bond donors (Lipinski definition) is 0. The van der Waals surface area contributed by atoms with Crippen molar-refractivity contribution < 1.29 is 19.1 Å². The molecule has 1 aromatic carbocycles. The van der Waals surface area contributed by atoms with Gasteiger partial charge < -0.3 is 9.47 Å². The van der Waals surface area contributed by atoms with Crippen LogP contribution >= 0.6 is 22.6 Å². The molecule has 0 aliphatic carbocycles. The molecule has 1 atom stereocenters. The summed E-state index contributed by atoms with van der Waals surface area (Å²) in [5, 5.41) is 0. The maximum absolute atomic E-state index is 12.2. The summed E-state index contributed by atoms with van der Waals surface area (Å²) in [6, 6.07) is 7.65. The highest BCUT2D eigenvalue weighted by molar-refractivity contribution is 14.1. The SMILES string of the molecule is C#CC(=O)COCCC(C)(C(=O)OC)c1cccc(I)c1. The van der Waals surface area contributed by atoms with Crippen molar-refractivity contribution in [1.29, 1.82) is 0 Å². The van der Waals surface area contributed by atoms with E-state index in [4.69, 9.17) is 15.9 Å². The van der Waals surface area contributed by atoms with Crippen LogP contribution in [-0.2, 0) is 24.5 Å². The van der Waals surface area contributed by atoms with Crippen LogP contribution in [0.4, 0.5) is 0 Å². The predicted molar refractivity (Wildman–Crippen MR) is 87.8 cm³/mol. The Labute approximate surface area is 138 Å². The zero-order chi connectivity index (χ0) is 15.9. The second-order valence-corrected chi connectivity index (χ2v) is 5.95. The molecule has 0 spiro atoms. The number of ketones is 1. The highest BCUT2D eigenvalue weighted by Gasteiger charge is 2.36. The maximum Gasteiger partial charge on any atom is 0.316 e. The van der Waals surface area contributed by atoms with E-state index in [1.807, 2.05) is 30.2 Å². The van der Waals surface area contributed by atoms with Crippen molar-refractivity contribution in [3.05, 3.63) is 33.4 Å². The fourth-order valence-electron chi connectivity index (χ4n) is 1.90. The summed E-state index contributed by atoms with van der Waals surface area (Å²) in [5.41, 5.74) is 0.0305. The van der Waals surface area contributed by atoms with Gasteiger partial charge in [0, 0.05) is 10.2 Å². The molecule has 0 aliphatic rings. The van der Waals surface area contributed by atoms with Gasteiger partial charge in [0.2, 0.25) is 5.78 Å². The third kappa shape index (κ3) is 4.83. The predicted octanol–water partition coefficient (Wildman–Crippen LogP) is 2.33. The molecule has 0 saturated heterocycles. The monoisotopic (exact) mass is 400 g/mol. The summed E-state index contributed by atoms with van der Waals surface area (Å²) in [6.07, 6.45) is 5.36. The number of carbonyl (C=O) groups excluding carboxylic acids is 2. The number of Topliss-reactive ketones (excluding diaryl/α,β-unsaturated/α-hetero) is 1. The fraction of sp³-hybridized carbons (Fsp3) is 0.375.